The number of unbranched alkanes of at least 4 members (excludes halogenated alkanes) is 40. The highest BCUT2D eigenvalue weighted by Crippen LogP contribution is 2.17. The van der Waals surface area contributed by atoms with Crippen LogP contribution in [-0.4, -0.2) is 46.1 Å². The Balaban J connectivity index is 3.56. The van der Waals surface area contributed by atoms with E-state index in [1.54, 1.807) is 6.08 Å². The predicted molar refractivity (Wildman–Crippen MR) is 310 cm³/mol. The molecule has 0 fully saturated rings. The topological polar surface area (TPSA) is 89.8 Å². The number of allylic oxidation sites excluding steroid dienone is 9. The van der Waals surface area contributed by atoms with Crippen LogP contribution in [0.5, 0.6) is 0 Å². The number of carbonyl (C=O) groups is 1. The third kappa shape index (κ3) is 55.4. The summed E-state index contributed by atoms with van der Waals surface area (Å²) >= 11 is 0. The Kier molecular flexibility index (Phi) is 58.0. The molecule has 0 aliphatic heterocycles. The highest BCUT2D eigenvalue weighted by molar-refractivity contribution is 5.76. The number of hydrogen-bond donors (Lipinski definition) is 4. The first-order chi connectivity index (χ1) is 34.5. The van der Waals surface area contributed by atoms with E-state index in [1.165, 1.54) is 250 Å². The second-order valence-corrected chi connectivity index (χ2v) is 21.3. The van der Waals surface area contributed by atoms with Gasteiger partial charge in [0, 0.05) is 0 Å². The Morgan fingerprint density at radius 1 is 0.371 bits per heavy atom. The molecule has 0 bridgehead atoms. The van der Waals surface area contributed by atoms with Crippen LogP contribution in [0.15, 0.2) is 60.8 Å². The van der Waals surface area contributed by atoms with E-state index in [9.17, 15) is 20.1 Å². The molecule has 0 rings (SSSR count). The Morgan fingerprint density at radius 2 is 0.657 bits per heavy atom. The molecule has 0 aromatic heterocycles. The number of rotatable bonds is 57. The summed E-state index contributed by atoms with van der Waals surface area (Å²) in [6.07, 6.45) is 81.5. The average molecular weight is 981 g/mol. The van der Waals surface area contributed by atoms with Crippen molar-refractivity contribution in [2.24, 2.45) is 0 Å². The van der Waals surface area contributed by atoms with Gasteiger partial charge >= 0.3 is 0 Å². The van der Waals surface area contributed by atoms with E-state index in [0.29, 0.717) is 6.42 Å². The summed E-state index contributed by atoms with van der Waals surface area (Å²) < 4.78 is 0. The fourth-order valence-corrected chi connectivity index (χ4v) is 9.52. The van der Waals surface area contributed by atoms with Crippen molar-refractivity contribution in [1.82, 2.24) is 5.32 Å². The van der Waals surface area contributed by atoms with Gasteiger partial charge in [-0.3, -0.25) is 4.79 Å². The molecule has 0 radical (unpaired) electrons. The molecule has 5 heteroatoms. The van der Waals surface area contributed by atoms with Crippen molar-refractivity contribution in [2.45, 2.75) is 340 Å². The molecule has 0 heterocycles. The maximum atomic E-state index is 12.5. The quantitative estimate of drug-likeness (QED) is 0.0361. The molecule has 0 aromatic rings. The van der Waals surface area contributed by atoms with Crippen molar-refractivity contribution in [3.8, 4) is 0 Å². The highest BCUT2D eigenvalue weighted by atomic mass is 16.3. The first kappa shape index (κ1) is 68.0. The zero-order chi connectivity index (χ0) is 50.7. The minimum Gasteiger partial charge on any atom is -0.394 e. The van der Waals surface area contributed by atoms with Gasteiger partial charge in [-0.2, -0.15) is 0 Å². The van der Waals surface area contributed by atoms with Crippen molar-refractivity contribution in [1.29, 1.82) is 0 Å². The third-order valence-electron chi connectivity index (χ3n) is 14.3. The number of aliphatic hydroxyl groups excluding tert-OH is 3. The zero-order valence-electron chi connectivity index (χ0n) is 46.9. The van der Waals surface area contributed by atoms with Gasteiger partial charge in [-0.25, -0.2) is 0 Å². The van der Waals surface area contributed by atoms with Crippen LogP contribution in [0.25, 0.3) is 0 Å². The van der Waals surface area contributed by atoms with Gasteiger partial charge in [-0.1, -0.05) is 299 Å². The molecular weight excluding hydrogens is 859 g/mol. The number of aliphatic hydroxyl groups is 3. The SMILES string of the molecule is CCCCCCCCCCCC/C=C/CC/C=C/CC/C=C/C(O)C(CO)NC(=O)CC(O)CCCCCCCCCCCCCCCCC/C=C\C/C=C\CCCCCCCCCCCCCCC. The van der Waals surface area contributed by atoms with Crippen LogP contribution in [0.3, 0.4) is 0 Å². The van der Waals surface area contributed by atoms with Crippen molar-refractivity contribution >= 4 is 5.91 Å². The molecule has 70 heavy (non-hydrogen) atoms. The molecule has 0 saturated carbocycles. The second-order valence-electron chi connectivity index (χ2n) is 21.3. The monoisotopic (exact) mass is 980 g/mol. The van der Waals surface area contributed by atoms with Crippen molar-refractivity contribution in [2.75, 3.05) is 6.61 Å². The average Bonchev–Trinajstić information content (AvgIpc) is 3.36. The molecule has 1 amide bonds. The summed E-state index contributed by atoms with van der Waals surface area (Å²) in [5.74, 6) is -0.327. The fourth-order valence-electron chi connectivity index (χ4n) is 9.52. The van der Waals surface area contributed by atoms with Crippen molar-refractivity contribution in [3.05, 3.63) is 60.8 Å². The van der Waals surface area contributed by atoms with Gasteiger partial charge in [0.1, 0.15) is 0 Å². The molecule has 3 unspecified atom stereocenters. The van der Waals surface area contributed by atoms with Crippen LogP contribution in [0.1, 0.15) is 322 Å². The third-order valence-corrected chi connectivity index (χ3v) is 14.3. The van der Waals surface area contributed by atoms with Crippen LogP contribution >= 0.6 is 0 Å². The normalized spacial score (nSPS) is 13.6. The molecule has 5 nitrogen and oxygen atoms in total. The second kappa shape index (κ2) is 59.6. The van der Waals surface area contributed by atoms with Gasteiger partial charge < -0.3 is 20.6 Å². The fraction of sp³-hybridized carbons (Fsp3) is 0.831. The summed E-state index contributed by atoms with van der Waals surface area (Å²) in [5, 5.41) is 33.5. The van der Waals surface area contributed by atoms with Gasteiger partial charge in [-0.05, 0) is 77.0 Å². The van der Waals surface area contributed by atoms with Gasteiger partial charge in [-0.15, -0.1) is 0 Å². The van der Waals surface area contributed by atoms with E-state index < -0.39 is 18.2 Å². The lowest BCUT2D eigenvalue weighted by Gasteiger charge is -2.21. The van der Waals surface area contributed by atoms with E-state index in [1.807, 2.05) is 6.08 Å². The number of carbonyl (C=O) groups excluding carboxylic acids is 1. The molecule has 0 aliphatic carbocycles. The molecule has 0 aromatic carbocycles. The Hall–Kier alpha value is -1.95. The summed E-state index contributed by atoms with van der Waals surface area (Å²) in [6.45, 7) is 4.22. The van der Waals surface area contributed by atoms with Crippen molar-refractivity contribution in [3.63, 3.8) is 0 Å². The minimum atomic E-state index is -0.963. The van der Waals surface area contributed by atoms with Crippen LogP contribution in [0, 0.1) is 0 Å². The zero-order valence-corrected chi connectivity index (χ0v) is 46.9. The van der Waals surface area contributed by atoms with Crippen LogP contribution in [0.4, 0.5) is 0 Å². The number of hydrogen-bond acceptors (Lipinski definition) is 4. The molecule has 0 aliphatic rings. The standard InChI is InChI=1S/C65H121NO4/c1-3-5-7-9-11-13-15-17-19-21-23-25-26-27-28-29-30-31-32-33-34-35-36-37-38-39-40-42-44-46-48-50-52-54-56-58-62(68)60-65(70)66-63(61-67)64(69)59-57-55-53-51-49-47-45-43-41-24-22-20-18-16-14-12-10-8-6-4-2/h28-29,31-32,41,43,49,51,57,59,62-64,67-69H,3-27,30,33-40,42,44-48,50,52-56,58,60-61H2,1-2H3,(H,66,70)/b29-28-,32-31-,43-41+,51-49+,59-57+. The highest BCUT2D eigenvalue weighted by Gasteiger charge is 2.20. The molecule has 3 atom stereocenters. The summed E-state index contributed by atoms with van der Waals surface area (Å²) in [4.78, 5) is 12.5. The smallest absolute Gasteiger partial charge is 0.222 e. The number of amides is 1. The predicted octanol–water partition coefficient (Wildman–Crippen LogP) is 19.7. The van der Waals surface area contributed by atoms with Gasteiger partial charge in [0.15, 0.2) is 0 Å². The first-order valence-corrected chi connectivity index (χ1v) is 31.1. The largest absolute Gasteiger partial charge is 0.394 e. The van der Waals surface area contributed by atoms with Crippen LogP contribution < -0.4 is 5.32 Å². The van der Waals surface area contributed by atoms with Crippen molar-refractivity contribution < 1.29 is 20.1 Å². The maximum absolute atomic E-state index is 12.5. The molecule has 4 N–H and O–H groups in total. The number of nitrogens with one attached hydrogen (secondary N) is 1. The first-order valence-electron chi connectivity index (χ1n) is 31.1. The lowest BCUT2D eigenvalue weighted by atomic mass is 10.0. The Bertz CT molecular complexity index is 1170. The molecule has 0 saturated heterocycles. The van der Waals surface area contributed by atoms with Crippen LogP contribution in [0.2, 0.25) is 0 Å². The summed E-state index contributed by atoms with van der Waals surface area (Å²) in [6, 6.07) is -0.770. The Labute approximate surface area is 437 Å². The molecular formula is C65H121NO4. The summed E-state index contributed by atoms with van der Waals surface area (Å²) in [5.41, 5.74) is 0. The summed E-state index contributed by atoms with van der Waals surface area (Å²) in [7, 11) is 0. The minimum absolute atomic E-state index is 0.00165. The lowest BCUT2D eigenvalue weighted by molar-refractivity contribution is -0.124. The van der Waals surface area contributed by atoms with E-state index in [2.05, 4.69) is 67.8 Å². The maximum Gasteiger partial charge on any atom is 0.222 e. The van der Waals surface area contributed by atoms with E-state index >= 15 is 0 Å². The lowest BCUT2D eigenvalue weighted by Crippen LogP contribution is -2.45. The van der Waals surface area contributed by atoms with E-state index in [-0.39, 0.29) is 18.9 Å². The van der Waals surface area contributed by atoms with E-state index in [0.717, 1.165) is 44.9 Å². The Morgan fingerprint density at radius 3 is 1.00 bits per heavy atom. The van der Waals surface area contributed by atoms with Gasteiger partial charge in [0.2, 0.25) is 5.91 Å². The molecule has 410 valence electrons. The van der Waals surface area contributed by atoms with E-state index in [4.69, 9.17) is 0 Å². The van der Waals surface area contributed by atoms with Gasteiger partial charge in [0.05, 0.1) is 31.3 Å². The van der Waals surface area contributed by atoms with Crippen LogP contribution in [-0.2, 0) is 4.79 Å². The molecule has 0 spiro atoms. The van der Waals surface area contributed by atoms with Gasteiger partial charge in [0.25, 0.3) is 0 Å².